The first kappa shape index (κ1) is 34.1. The minimum absolute atomic E-state index is 0.153. The van der Waals surface area contributed by atoms with Crippen LogP contribution in [0.15, 0.2) is 133 Å². The molecule has 13 heteroatoms. The second kappa shape index (κ2) is 15.2. The summed E-state index contributed by atoms with van der Waals surface area (Å²) in [4.78, 5) is 34.2. The summed E-state index contributed by atoms with van der Waals surface area (Å²) < 4.78 is 28.5. The Balaban J connectivity index is 1.18. The van der Waals surface area contributed by atoms with Crippen molar-refractivity contribution in [2.45, 2.75) is 11.8 Å². The van der Waals surface area contributed by atoms with Crippen LogP contribution in [0, 0.1) is 0 Å². The van der Waals surface area contributed by atoms with Crippen LogP contribution in [0.2, 0.25) is 5.02 Å². The van der Waals surface area contributed by atoms with Crippen molar-refractivity contribution in [1.82, 2.24) is 19.3 Å². The van der Waals surface area contributed by atoms with Gasteiger partial charge in [0.1, 0.15) is 0 Å². The van der Waals surface area contributed by atoms with E-state index in [1.54, 1.807) is 97.1 Å². The number of likely N-dealkylation sites (N-methyl/N-ethyl adjacent to an activating group) is 1. The van der Waals surface area contributed by atoms with Gasteiger partial charge in [-0.15, -0.1) is 0 Å². The molecule has 2 heterocycles. The highest BCUT2D eigenvalue weighted by atomic mass is 35.5. The summed E-state index contributed by atoms with van der Waals surface area (Å²) in [5, 5.41) is 12.8. The minimum atomic E-state index is -3.91. The van der Waals surface area contributed by atoms with Crippen molar-refractivity contribution < 1.29 is 18.0 Å². The Morgan fingerprint density at radius 3 is 2.38 bits per heavy atom. The third-order valence-electron chi connectivity index (χ3n) is 7.55. The van der Waals surface area contributed by atoms with Crippen LogP contribution in [0.1, 0.15) is 17.3 Å². The molecule has 6 aromatic rings. The summed E-state index contributed by atoms with van der Waals surface area (Å²) in [5.41, 5.74) is 3.42. The number of hydrogen-bond donors (Lipinski definition) is 4. The number of carbonyl (C=O) groups excluding carboxylic acids is 2. The second-order valence-electron chi connectivity index (χ2n) is 11.0. The summed E-state index contributed by atoms with van der Waals surface area (Å²) in [6, 6.07) is 28.9. The normalized spacial score (nSPS) is 11.5. The van der Waals surface area contributed by atoms with Crippen LogP contribution in [0.4, 0.5) is 23.0 Å². The molecule has 6 rings (SSSR count). The van der Waals surface area contributed by atoms with Gasteiger partial charge >= 0.3 is 0 Å². The van der Waals surface area contributed by atoms with Crippen molar-refractivity contribution >= 4 is 67.4 Å². The van der Waals surface area contributed by atoms with Gasteiger partial charge in [-0.05, 0) is 67.2 Å². The smallest absolute Gasteiger partial charge is 0.268 e. The summed E-state index contributed by atoms with van der Waals surface area (Å²) >= 11 is 6.60. The maximum Gasteiger partial charge on any atom is 0.268 e. The molecule has 11 nitrogen and oxygen atoms in total. The van der Waals surface area contributed by atoms with Gasteiger partial charge in [0.15, 0.2) is 0 Å². The third kappa shape index (κ3) is 7.73. The van der Waals surface area contributed by atoms with Crippen molar-refractivity contribution in [2.75, 3.05) is 29.0 Å². The van der Waals surface area contributed by atoms with Gasteiger partial charge in [-0.2, -0.15) is 0 Å². The van der Waals surface area contributed by atoms with Crippen molar-refractivity contribution in [2.24, 2.45) is 0 Å². The Morgan fingerprint density at radius 2 is 1.60 bits per heavy atom. The Kier molecular flexibility index (Phi) is 10.3. The molecule has 0 bridgehead atoms. The molecular formula is C37H32ClN7O4S. The van der Waals surface area contributed by atoms with E-state index in [9.17, 15) is 18.0 Å². The molecule has 2 amide bonds. The van der Waals surface area contributed by atoms with E-state index in [4.69, 9.17) is 11.6 Å². The van der Waals surface area contributed by atoms with Crippen molar-refractivity contribution in [1.29, 1.82) is 0 Å². The lowest BCUT2D eigenvalue weighted by Gasteiger charge is -2.10. The number of para-hydroxylation sites is 1. The van der Waals surface area contributed by atoms with Crippen LogP contribution in [0.25, 0.3) is 22.2 Å². The number of nitrogens with zero attached hydrogens (tertiary/aromatic N) is 3. The molecule has 0 aliphatic carbocycles. The number of nitrogens with one attached hydrogen (secondary N) is 4. The van der Waals surface area contributed by atoms with Gasteiger partial charge in [0.2, 0.25) is 11.9 Å². The lowest BCUT2D eigenvalue weighted by molar-refractivity contribution is -0.111. The van der Waals surface area contributed by atoms with Gasteiger partial charge in [-0.25, -0.2) is 22.4 Å². The van der Waals surface area contributed by atoms with Gasteiger partial charge in [-0.1, -0.05) is 67.1 Å². The monoisotopic (exact) mass is 705 g/mol. The lowest BCUT2D eigenvalue weighted by Crippen LogP contribution is -2.14. The third-order valence-corrected chi connectivity index (χ3v) is 9.51. The summed E-state index contributed by atoms with van der Waals surface area (Å²) in [6.45, 7) is 3.40. The molecule has 4 N–H and O–H groups in total. The van der Waals surface area contributed by atoms with E-state index >= 15 is 0 Å². The van der Waals surface area contributed by atoms with Gasteiger partial charge < -0.3 is 21.3 Å². The summed E-state index contributed by atoms with van der Waals surface area (Å²) in [7, 11) is -3.91. The van der Waals surface area contributed by atoms with E-state index in [-0.39, 0.29) is 27.7 Å². The fourth-order valence-electron chi connectivity index (χ4n) is 5.15. The molecule has 0 aliphatic rings. The Hall–Kier alpha value is -5.82. The average molecular weight is 706 g/mol. The maximum absolute atomic E-state index is 13.6. The molecule has 0 spiro atoms. The number of hydrogen-bond acceptors (Lipinski definition) is 8. The Morgan fingerprint density at radius 1 is 0.860 bits per heavy atom. The van der Waals surface area contributed by atoms with E-state index in [2.05, 4.69) is 31.2 Å². The SMILES string of the molecule is CCNC/C=C/C(=O)Nc1ccc(C(=O)Nc2cccc(Nc3ncc(Cl)c(-c4cn(S(=O)(=O)c5ccccc5)c5ccccc45)n3)c2)cc1. The predicted molar refractivity (Wildman–Crippen MR) is 197 cm³/mol. The molecule has 4 aromatic carbocycles. The Labute approximate surface area is 294 Å². The zero-order valence-corrected chi connectivity index (χ0v) is 28.4. The Bertz CT molecular complexity index is 2310. The van der Waals surface area contributed by atoms with E-state index in [1.807, 2.05) is 19.1 Å². The number of carbonyl (C=O) groups is 2. The molecule has 0 saturated heterocycles. The zero-order chi connectivity index (χ0) is 35.1. The highest BCUT2D eigenvalue weighted by molar-refractivity contribution is 7.90. The van der Waals surface area contributed by atoms with Crippen molar-refractivity contribution in [3.05, 3.63) is 138 Å². The fourth-order valence-corrected chi connectivity index (χ4v) is 6.73. The van der Waals surface area contributed by atoms with Crippen LogP contribution in [-0.4, -0.2) is 47.3 Å². The molecular weight excluding hydrogens is 674 g/mol. The quantitative estimate of drug-likeness (QED) is 0.0780. The van der Waals surface area contributed by atoms with Crippen LogP contribution < -0.4 is 21.3 Å². The molecule has 50 heavy (non-hydrogen) atoms. The fraction of sp³-hybridized carbons (Fsp3) is 0.0811. The largest absolute Gasteiger partial charge is 0.324 e. The average Bonchev–Trinajstić information content (AvgIpc) is 3.52. The summed E-state index contributed by atoms with van der Waals surface area (Å²) in [6.07, 6.45) is 6.16. The predicted octanol–water partition coefficient (Wildman–Crippen LogP) is 7.09. The van der Waals surface area contributed by atoms with Crippen LogP contribution in [0.3, 0.4) is 0 Å². The van der Waals surface area contributed by atoms with Crippen molar-refractivity contribution in [3.8, 4) is 11.3 Å². The van der Waals surface area contributed by atoms with Crippen LogP contribution in [0.5, 0.6) is 0 Å². The topological polar surface area (TPSA) is 147 Å². The first-order valence-electron chi connectivity index (χ1n) is 15.6. The van der Waals surface area contributed by atoms with Crippen molar-refractivity contribution in [3.63, 3.8) is 0 Å². The lowest BCUT2D eigenvalue weighted by atomic mass is 10.1. The molecule has 0 radical (unpaired) electrons. The number of anilines is 4. The molecule has 0 atom stereocenters. The standard InChI is InChI=1S/C37H32ClN7O4S/c1-2-39-21-9-16-34(46)41-26-19-17-25(18-20-26)36(47)42-27-10-8-11-28(22-27)43-37-40-23-32(38)35(44-37)31-24-45(33-15-7-6-14-30(31)33)50(48,49)29-12-4-3-5-13-29/h3-20,22-24,39H,2,21H2,1H3,(H,41,46)(H,42,47)(H,40,43,44)/b16-9+. The number of amides is 2. The maximum atomic E-state index is 13.6. The number of halogens is 1. The van der Waals surface area contributed by atoms with Gasteiger partial charge in [0.05, 0.1) is 27.3 Å². The molecule has 0 unspecified atom stereocenters. The van der Waals surface area contributed by atoms with Gasteiger partial charge in [0.25, 0.3) is 15.9 Å². The second-order valence-corrected chi connectivity index (χ2v) is 13.2. The van der Waals surface area contributed by atoms with Gasteiger partial charge in [0, 0.05) is 52.4 Å². The van der Waals surface area contributed by atoms with E-state index < -0.39 is 10.0 Å². The number of rotatable bonds is 12. The molecule has 2 aromatic heterocycles. The first-order valence-corrected chi connectivity index (χ1v) is 17.4. The molecule has 0 fully saturated rings. The number of aromatic nitrogens is 3. The molecule has 0 saturated carbocycles. The molecule has 0 aliphatic heterocycles. The van der Waals surface area contributed by atoms with Gasteiger partial charge in [-0.3, -0.25) is 9.59 Å². The number of benzene rings is 4. The first-order chi connectivity index (χ1) is 24.2. The highest BCUT2D eigenvalue weighted by Gasteiger charge is 2.23. The molecule has 252 valence electrons. The van der Waals surface area contributed by atoms with Crippen LogP contribution >= 0.6 is 11.6 Å². The van der Waals surface area contributed by atoms with E-state index in [0.717, 1.165) is 6.54 Å². The van der Waals surface area contributed by atoms with E-state index in [0.29, 0.717) is 51.3 Å². The summed E-state index contributed by atoms with van der Waals surface area (Å²) in [5.74, 6) is -0.383. The minimum Gasteiger partial charge on any atom is -0.324 e. The zero-order valence-electron chi connectivity index (χ0n) is 26.8. The van der Waals surface area contributed by atoms with E-state index in [1.165, 1.54) is 22.4 Å². The highest BCUT2D eigenvalue weighted by Crippen LogP contribution is 2.36. The van der Waals surface area contributed by atoms with Crippen LogP contribution in [-0.2, 0) is 14.8 Å². The number of fused-ring (bicyclic) bond motifs is 1.